The molecule has 0 spiro atoms. The summed E-state index contributed by atoms with van der Waals surface area (Å²) in [5.74, 6) is 0.609. The van der Waals surface area contributed by atoms with Crippen LogP contribution in [0.5, 0.6) is 5.75 Å². The number of aromatic nitrogens is 4. The van der Waals surface area contributed by atoms with E-state index >= 15 is 0 Å². The number of benzene rings is 2. The molecule has 0 aliphatic rings. The van der Waals surface area contributed by atoms with Gasteiger partial charge in [-0.3, -0.25) is 0 Å². The van der Waals surface area contributed by atoms with E-state index in [0.29, 0.717) is 40.6 Å². The fourth-order valence-electron chi connectivity index (χ4n) is 2.97. The molecule has 142 valence electrons. The van der Waals surface area contributed by atoms with Crippen LogP contribution in [-0.2, 0) is 6.61 Å². The summed E-state index contributed by atoms with van der Waals surface area (Å²) in [6.07, 6.45) is 1.65. The van der Waals surface area contributed by atoms with Crippen LogP contribution in [0.15, 0.2) is 54.7 Å². The highest BCUT2D eigenvalue weighted by Crippen LogP contribution is 2.28. The lowest BCUT2D eigenvalue weighted by molar-refractivity contribution is 0.305. The number of ether oxygens (including phenoxy) is 1. The van der Waals surface area contributed by atoms with E-state index < -0.39 is 5.82 Å². The molecule has 0 radical (unpaired) electrons. The van der Waals surface area contributed by atoms with Gasteiger partial charge in [0.25, 0.3) is 0 Å². The molecule has 0 fully saturated rings. The molecule has 2 heterocycles. The standard InChI is InChI=1S/C21H20FN5O/c1-13(2)27-21-18(11-24-27)19(23)25-20(26-21)15-8-16(22)10-17(9-15)28-12-14-6-4-3-5-7-14/h3-11,13H,12H2,1-2H3,(H2,23,25,26). The maximum absolute atomic E-state index is 14.2. The highest BCUT2D eigenvalue weighted by molar-refractivity contribution is 5.87. The number of nitrogens with zero attached hydrogens (tertiary/aromatic N) is 4. The van der Waals surface area contributed by atoms with Crippen molar-refractivity contribution in [3.8, 4) is 17.1 Å². The van der Waals surface area contributed by atoms with Crippen LogP contribution in [0.1, 0.15) is 25.5 Å². The van der Waals surface area contributed by atoms with Gasteiger partial charge in [-0.15, -0.1) is 0 Å². The summed E-state index contributed by atoms with van der Waals surface area (Å²) in [4.78, 5) is 8.91. The molecular weight excluding hydrogens is 357 g/mol. The van der Waals surface area contributed by atoms with Gasteiger partial charge in [0.1, 0.15) is 24.0 Å². The summed E-state index contributed by atoms with van der Waals surface area (Å²) in [7, 11) is 0. The highest BCUT2D eigenvalue weighted by atomic mass is 19.1. The quantitative estimate of drug-likeness (QED) is 0.558. The minimum Gasteiger partial charge on any atom is -0.489 e. The third-order valence-corrected chi connectivity index (χ3v) is 4.35. The molecule has 2 N–H and O–H groups in total. The number of hydrogen-bond donors (Lipinski definition) is 1. The van der Waals surface area contributed by atoms with Crippen LogP contribution in [0.25, 0.3) is 22.4 Å². The molecule has 0 bridgehead atoms. The maximum atomic E-state index is 14.2. The summed E-state index contributed by atoms with van der Waals surface area (Å²) in [5, 5.41) is 5.00. The summed E-state index contributed by atoms with van der Waals surface area (Å²) < 4.78 is 21.7. The number of halogens is 1. The van der Waals surface area contributed by atoms with E-state index in [4.69, 9.17) is 10.5 Å². The molecule has 0 unspecified atom stereocenters. The van der Waals surface area contributed by atoms with Gasteiger partial charge >= 0.3 is 0 Å². The van der Waals surface area contributed by atoms with Gasteiger partial charge in [0.15, 0.2) is 11.5 Å². The van der Waals surface area contributed by atoms with Crippen molar-refractivity contribution in [1.29, 1.82) is 0 Å². The van der Waals surface area contributed by atoms with Crippen LogP contribution < -0.4 is 10.5 Å². The minimum atomic E-state index is -0.430. The summed E-state index contributed by atoms with van der Waals surface area (Å²) in [6, 6.07) is 14.2. The first-order chi connectivity index (χ1) is 13.5. The predicted molar refractivity (Wildman–Crippen MR) is 106 cm³/mol. The SMILES string of the molecule is CC(C)n1ncc2c(N)nc(-c3cc(F)cc(OCc4ccccc4)c3)nc21. The van der Waals surface area contributed by atoms with Crippen molar-refractivity contribution >= 4 is 16.9 Å². The van der Waals surface area contributed by atoms with Crippen molar-refractivity contribution < 1.29 is 9.13 Å². The van der Waals surface area contributed by atoms with Gasteiger partial charge in [0.05, 0.1) is 11.6 Å². The average Bonchev–Trinajstić information content (AvgIpc) is 3.12. The van der Waals surface area contributed by atoms with Gasteiger partial charge in [-0.2, -0.15) is 5.10 Å². The molecule has 4 rings (SSSR count). The number of rotatable bonds is 5. The molecular formula is C21H20FN5O. The third kappa shape index (κ3) is 3.51. The van der Waals surface area contributed by atoms with E-state index in [2.05, 4.69) is 15.1 Å². The Kier molecular flexibility index (Phi) is 4.65. The van der Waals surface area contributed by atoms with Crippen LogP contribution in [0, 0.1) is 5.82 Å². The average molecular weight is 377 g/mol. The summed E-state index contributed by atoms with van der Waals surface area (Å²) in [5.41, 5.74) is 8.20. The van der Waals surface area contributed by atoms with E-state index in [1.54, 1.807) is 16.9 Å². The van der Waals surface area contributed by atoms with E-state index in [9.17, 15) is 4.39 Å². The molecule has 0 aliphatic carbocycles. The zero-order chi connectivity index (χ0) is 19.7. The number of nitrogens with two attached hydrogens (primary N) is 1. The monoisotopic (exact) mass is 377 g/mol. The largest absolute Gasteiger partial charge is 0.489 e. The predicted octanol–water partition coefficient (Wildman–Crippen LogP) is 4.37. The van der Waals surface area contributed by atoms with Crippen molar-refractivity contribution in [1.82, 2.24) is 19.7 Å². The Bertz CT molecular complexity index is 1120. The first kappa shape index (κ1) is 17.9. The van der Waals surface area contributed by atoms with Gasteiger partial charge in [-0.25, -0.2) is 19.0 Å². The zero-order valence-electron chi connectivity index (χ0n) is 15.6. The first-order valence-electron chi connectivity index (χ1n) is 8.99. The van der Waals surface area contributed by atoms with E-state index in [1.807, 2.05) is 44.2 Å². The Morgan fingerprint density at radius 3 is 2.64 bits per heavy atom. The lowest BCUT2D eigenvalue weighted by Gasteiger charge is -2.10. The Morgan fingerprint density at radius 1 is 1.11 bits per heavy atom. The number of hydrogen-bond acceptors (Lipinski definition) is 5. The second-order valence-corrected chi connectivity index (χ2v) is 6.80. The second kappa shape index (κ2) is 7.26. The highest BCUT2D eigenvalue weighted by Gasteiger charge is 2.15. The van der Waals surface area contributed by atoms with Gasteiger partial charge < -0.3 is 10.5 Å². The molecule has 28 heavy (non-hydrogen) atoms. The molecule has 6 nitrogen and oxygen atoms in total. The van der Waals surface area contributed by atoms with Crippen molar-refractivity contribution in [3.63, 3.8) is 0 Å². The van der Waals surface area contributed by atoms with E-state index in [1.165, 1.54) is 12.1 Å². The first-order valence-corrected chi connectivity index (χ1v) is 8.99. The number of fused-ring (bicyclic) bond motifs is 1. The Balaban J connectivity index is 1.70. The molecule has 4 aromatic rings. The smallest absolute Gasteiger partial charge is 0.164 e. The maximum Gasteiger partial charge on any atom is 0.164 e. The van der Waals surface area contributed by atoms with Crippen molar-refractivity contribution in [2.24, 2.45) is 0 Å². The van der Waals surface area contributed by atoms with Gasteiger partial charge in [-0.05, 0) is 31.5 Å². The molecule has 7 heteroatoms. The van der Waals surface area contributed by atoms with Crippen LogP contribution in [0.3, 0.4) is 0 Å². The van der Waals surface area contributed by atoms with Gasteiger partial charge in [0, 0.05) is 17.7 Å². The lowest BCUT2D eigenvalue weighted by Crippen LogP contribution is -2.05. The Morgan fingerprint density at radius 2 is 1.89 bits per heavy atom. The minimum absolute atomic E-state index is 0.108. The van der Waals surface area contributed by atoms with Crippen LogP contribution >= 0.6 is 0 Å². The van der Waals surface area contributed by atoms with E-state index in [0.717, 1.165) is 5.56 Å². The molecule has 0 aliphatic heterocycles. The Labute approximate surface area is 161 Å². The van der Waals surface area contributed by atoms with E-state index in [-0.39, 0.29) is 6.04 Å². The fraction of sp³-hybridized carbons (Fsp3) is 0.190. The van der Waals surface area contributed by atoms with Gasteiger partial charge in [-0.1, -0.05) is 30.3 Å². The van der Waals surface area contributed by atoms with Crippen molar-refractivity contribution in [3.05, 3.63) is 66.1 Å². The summed E-state index contributed by atoms with van der Waals surface area (Å²) >= 11 is 0. The van der Waals surface area contributed by atoms with Crippen LogP contribution in [-0.4, -0.2) is 19.7 Å². The zero-order valence-corrected chi connectivity index (χ0v) is 15.6. The number of anilines is 1. The lowest BCUT2D eigenvalue weighted by atomic mass is 10.2. The summed E-state index contributed by atoms with van der Waals surface area (Å²) in [6.45, 7) is 4.34. The number of nitrogen functional groups attached to an aromatic ring is 1. The fourth-order valence-corrected chi connectivity index (χ4v) is 2.97. The molecule has 0 saturated carbocycles. The molecule has 2 aromatic carbocycles. The third-order valence-electron chi connectivity index (χ3n) is 4.35. The van der Waals surface area contributed by atoms with Crippen LogP contribution in [0.2, 0.25) is 0 Å². The Hall–Kier alpha value is -3.48. The van der Waals surface area contributed by atoms with Gasteiger partial charge in [0.2, 0.25) is 0 Å². The molecule has 0 atom stereocenters. The topological polar surface area (TPSA) is 78.9 Å². The second-order valence-electron chi connectivity index (χ2n) is 6.80. The molecule has 0 amide bonds. The van der Waals surface area contributed by atoms with Crippen molar-refractivity contribution in [2.45, 2.75) is 26.5 Å². The molecule has 2 aromatic heterocycles. The molecule has 0 saturated heterocycles. The van der Waals surface area contributed by atoms with Crippen LogP contribution in [0.4, 0.5) is 10.2 Å². The van der Waals surface area contributed by atoms with Crippen molar-refractivity contribution in [2.75, 3.05) is 5.73 Å². The normalized spacial score (nSPS) is 11.3.